The standard InChI is InChI=1S/C14H11F2NOS/c15-10-6-5-9(12(16)7-10)8-18-13-4-2-1-3-11(13)14(17)19/h1-7H,8H2,(H2,17,19). The summed E-state index contributed by atoms with van der Waals surface area (Å²) >= 11 is 4.90. The summed E-state index contributed by atoms with van der Waals surface area (Å²) in [6.45, 7) is -0.0221. The average Bonchev–Trinajstić information content (AvgIpc) is 2.38. The second-order valence-corrected chi connectivity index (χ2v) is 4.32. The van der Waals surface area contributed by atoms with Gasteiger partial charge in [-0.3, -0.25) is 0 Å². The van der Waals surface area contributed by atoms with Crippen LogP contribution in [0.25, 0.3) is 0 Å². The Morgan fingerprint density at radius 1 is 1.16 bits per heavy atom. The zero-order chi connectivity index (χ0) is 13.8. The first-order chi connectivity index (χ1) is 9.08. The van der Waals surface area contributed by atoms with Crippen LogP contribution in [0.5, 0.6) is 5.75 Å². The summed E-state index contributed by atoms with van der Waals surface area (Å²) in [7, 11) is 0. The van der Waals surface area contributed by atoms with Crippen molar-refractivity contribution in [2.24, 2.45) is 5.73 Å². The molecule has 0 aliphatic heterocycles. The highest BCUT2D eigenvalue weighted by atomic mass is 32.1. The van der Waals surface area contributed by atoms with Crippen molar-refractivity contribution in [3.05, 3.63) is 65.2 Å². The van der Waals surface area contributed by atoms with Gasteiger partial charge in [-0.05, 0) is 24.3 Å². The fourth-order valence-corrected chi connectivity index (χ4v) is 1.76. The Hall–Kier alpha value is -2.01. The van der Waals surface area contributed by atoms with Crippen LogP contribution in [0.4, 0.5) is 8.78 Å². The maximum Gasteiger partial charge on any atom is 0.132 e. The van der Waals surface area contributed by atoms with Crippen LogP contribution < -0.4 is 10.5 Å². The molecule has 2 N–H and O–H groups in total. The molecule has 2 aromatic rings. The summed E-state index contributed by atoms with van der Waals surface area (Å²) in [6, 6.07) is 10.3. The molecular weight excluding hydrogens is 268 g/mol. The van der Waals surface area contributed by atoms with Gasteiger partial charge in [-0.2, -0.15) is 0 Å². The van der Waals surface area contributed by atoms with Crippen molar-refractivity contribution in [3.8, 4) is 5.75 Å². The first-order valence-electron chi connectivity index (χ1n) is 5.53. The number of nitrogens with two attached hydrogens (primary N) is 1. The predicted octanol–water partition coefficient (Wildman–Crippen LogP) is 3.18. The lowest BCUT2D eigenvalue weighted by Gasteiger charge is -2.11. The molecule has 0 aliphatic carbocycles. The van der Waals surface area contributed by atoms with Gasteiger partial charge >= 0.3 is 0 Å². The van der Waals surface area contributed by atoms with E-state index in [1.165, 1.54) is 12.1 Å². The lowest BCUT2D eigenvalue weighted by atomic mass is 10.2. The third-order valence-corrected chi connectivity index (χ3v) is 2.77. The van der Waals surface area contributed by atoms with Crippen LogP contribution in [0.15, 0.2) is 42.5 Å². The predicted molar refractivity (Wildman–Crippen MR) is 73.0 cm³/mol. The van der Waals surface area contributed by atoms with Gasteiger partial charge in [0.1, 0.15) is 29.0 Å². The van der Waals surface area contributed by atoms with E-state index in [9.17, 15) is 8.78 Å². The van der Waals surface area contributed by atoms with Crippen molar-refractivity contribution in [1.29, 1.82) is 0 Å². The monoisotopic (exact) mass is 279 g/mol. The molecule has 0 amide bonds. The molecule has 0 spiro atoms. The van der Waals surface area contributed by atoms with Crippen molar-refractivity contribution in [3.63, 3.8) is 0 Å². The molecule has 0 aliphatic rings. The molecule has 0 atom stereocenters. The Labute approximate surface area is 114 Å². The minimum absolute atomic E-state index is 0.0221. The minimum atomic E-state index is -0.646. The van der Waals surface area contributed by atoms with Gasteiger partial charge in [0.25, 0.3) is 0 Å². The quantitative estimate of drug-likeness (QED) is 0.873. The van der Waals surface area contributed by atoms with E-state index in [-0.39, 0.29) is 17.2 Å². The zero-order valence-corrected chi connectivity index (χ0v) is 10.7. The molecule has 0 aromatic heterocycles. The Balaban J connectivity index is 2.17. The summed E-state index contributed by atoms with van der Waals surface area (Å²) in [5.74, 6) is -0.795. The van der Waals surface area contributed by atoms with E-state index in [1.807, 2.05) is 0 Å². The van der Waals surface area contributed by atoms with E-state index in [2.05, 4.69) is 0 Å². The summed E-state index contributed by atoms with van der Waals surface area (Å²) < 4.78 is 31.7. The molecule has 2 rings (SSSR count). The van der Waals surface area contributed by atoms with Crippen LogP contribution in [0.1, 0.15) is 11.1 Å². The zero-order valence-electron chi connectivity index (χ0n) is 9.90. The number of hydrogen-bond donors (Lipinski definition) is 1. The van der Waals surface area contributed by atoms with Crippen molar-refractivity contribution in [2.45, 2.75) is 6.61 Å². The highest BCUT2D eigenvalue weighted by Crippen LogP contribution is 2.20. The van der Waals surface area contributed by atoms with Gasteiger partial charge in [0, 0.05) is 11.6 Å². The van der Waals surface area contributed by atoms with Crippen molar-refractivity contribution < 1.29 is 13.5 Å². The number of halogens is 2. The van der Waals surface area contributed by atoms with Gasteiger partial charge in [-0.25, -0.2) is 8.78 Å². The maximum atomic E-state index is 13.4. The van der Waals surface area contributed by atoms with Crippen LogP contribution in [0.3, 0.4) is 0 Å². The van der Waals surface area contributed by atoms with Gasteiger partial charge in [0.05, 0.1) is 5.56 Å². The Morgan fingerprint density at radius 3 is 2.58 bits per heavy atom. The molecule has 0 saturated heterocycles. The molecule has 19 heavy (non-hydrogen) atoms. The second kappa shape index (κ2) is 5.75. The summed E-state index contributed by atoms with van der Waals surface area (Å²) in [5.41, 5.74) is 6.41. The van der Waals surface area contributed by atoms with Gasteiger partial charge in [-0.1, -0.05) is 24.4 Å². The lowest BCUT2D eigenvalue weighted by Crippen LogP contribution is -2.11. The van der Waals surface area contributed by atoms with Crippen LogP contribution in [0.2, 0.25) is 0 Å². The number of para-hydroxylation sites is 1. The van der Waals surface area contributed by atoms with Crippen molar-refractivity contribution in [1.82, 2.24) is 0 Å². The van der Waals surface area contributed by atoms with E-state index in [0.29, 0.717) is 11.3 Å². The number of thiocarbonyl (C=S) groups is 1. The van der Waals surface area contributed by atoms with E-state index in [0.717, 1.165) is 6.07 Å². The van der Waals surface area contributed by atoms with Gasteiger partial charge in [-0.15, -0.1) is 0 Å². The lowest BCUT2D eigenvalue weighted by molar-refractivity contribution is 0.299. The SMILES string of the molecule is NC(=S)c1ccccc1OCc1ccc(F)cc1F. The maximum absolute atomic E-state index is 13.4. The van der Waals surface area contributed by atoms with Crippen LogP contribution in [0, 0.1) is 11.6 Å². The molecule has 2 nitrogen and oxygen atoms in total. The number of ether oxygens (including phenoxy) is 1. The largest absolute Gasteiger partial charge is 0.488 e. The highest BCUT2D eigenvalue weighted by Gasteiger charge is 2.08. The van der Waals surface area contributed by atoms with E-state index in [1.54, 1.807) is 24.3 Å². The Kier molecular flexibility index (Phi) is 4.06. The van der Waals surface area contributed by atoms with E-state index in [4.69, 9.17) is 22.7 Å². The highest BCUT2D eigenvalue weighted by molar-refractivity contribution is 7.80. The first-order valence-corrected chi connectivity index (χ1v) is 5.94. The molecule has 0 unspecified atom stereocenters. The first kappa shape index (κ1) is 13.4. The smallest absolute Gasteiger partial charge is 0.132 e. The summed E-state index contributed by atoms with van der Waals surface area (Å²) in [4.78, 5) is 0.204. The molecule has 5 heteroatoms. The normalized spacial score (nSPS) is 10.2. The number of rotatable bonds is 4. The third-order valence-electron chi connectivity index (χ3n) is 2.55. The van der Waals surface area contributed by atoms with Crippen molar-refractivity contribution >= 4 is 17.2 Å². The van der Waals surface area contributed by atoms with Gasteiger partial charge < -0.3 is 10.5 Å². The molecule has 0 bridgehead atoms. The molecular formula is C14H11F2NOS. The molecule has 0 fully saturated rings. The number of benzene rings is 2. The van der Waals surface area contributed by atoms with Crippen molar-refractivity contribution in [2.75, 3.05) is 0 Å². The fourth-order valence-electron chi connectivity index (χ4n) is 1.59. The average molecular weight is 279 g/mol. The topological polar surface area (TPSA) is 35.2 Å². The number of hydrogen-bond acceptors (Lipinski definition) is 2. The van der Waals surface area contributed by atoms with Crippen LogP contribution in [-0.2, 0) is 6.61 Å². The minimum Gasteiger partial charge on any atom is -0.488 e. The molecule has 2 aromatic carbocycles. The molecule has 0 saturated carbocycles. The van der Waals surface area contributed by atoms with Gasteiger partial charge in [0.2, 0.25) is 0 Å². The van der Waals surface area contributed by atoms with Crippen LogP contribution in [-0.4, -0.2) is 4.99 Å². The van der Waals surface area contributed by atoms with E-state index < -0.39 is 11.6 Å². The Morgan fingerprint density at radius 2 is 1.89 bits per heavy atom. The fraction of sp³-hybridized carbons (Fsp3) is 0.0714. The summed E-state index contributed by atoms with van der Waals surface area (Å²) in [6.07, 6.45) is 0. The third kappa shape index (κ3) is 3.26. The van der Waals surface area contributed by atoms with Gasteiger partial charge in [0.15, 0.2) is 0 Å². The molecule has 0 radical (unpaired) electrons. The van der Waals surface area contributed by atoms with E-state index >= 15 is 0 Å². The molecule has 98 valence electrons. The van der Waals surface area contributed by atoms with Crippen LogP contribution >= 0.6 is 12.2 Å². The molecule has 0 heterocycles. The second-order valence-electron chi connectivity index (χ2n) is 3.88. The Bertz CT molecular complexity index is 616. The summed E-state index contributed by atoms with van der Waals surface area (Å²) in [5, 5.41) is 0.